The van der Waals surface area contributed by atoms with Gasteiger partial charge in [0.2, 0.25) is 5.76 Å². The Hall–Kier alpha value is -3.80. The van der Waals surface area contributed by atoms with E-state index in [1.165, 1.54) is 11.0 Å². The normalized spacial score (nSPS) is 15.7. The molecule has 1 unspecified atom stereocenters. The molecule has 4 aromatic rings. The zero-order chi connectivity index (χ0) is 20.1. The minimum Gasteiger partial charge on any atom is -0.450 e. The van der Waals surface area contributed by atoms with Crippen molar-refractivity contribution in [2.45, 2.75) is 13.0 Å². The Balaban J connectivity index is 1.86. The van der Waals surface area contributed by atoms with E-state index >= 15 is 0 Å². The van der Waals surface area contributed by atoms with Crippen molar-refractivity contribution in [2.24, 2.45) is 0 Å². The zero-order valence-electron chi connectivity index (χ0n) is 15.4. The molecule has 1 amide bonds. The Morgan fingerprint density at radius 3 is 2.59 bits per heavy atom. The molecule has 6 heteroatoms. The largest absolute Gasteiger partial charge is 0.450 e. The molecular weight excluding hydrogens is 371 g/mol. The van der Waals surface area contributed by atoms with Crippen LogP contribution in [-0.4, -0.2) is 10.9 Å². The average Bonchev–Trinajstić information content (AvgIpc) is 3.01. The molecule has 1 atom stereocenters. The fourth-order valence-electron chi connectivity index (χ4n) is 3.80. The van der Waals surface area contributed by atoms with Crippen molar-refractivity contribution in [3.05, 3.63) is 105 Å². The number of aromatic nitrogens is 1. The molecule has 1 aliphatic heterocycles. The second-order valence-corrected chi connectivity index (χ2v) is 6.96. The van der Waals surface area contributed by atoms with Gasteiger partial charge in [0.15, 0.2) is 5.43 Å². The highest BCUT2D eigenvalue weighted by atomic mass is 19.1. The Bertz CT molecular complexity index is 1350. The Morgan fingerprint density at radius 1 is 1.03 bits per heavy atom. The van der Waals surface area contributed by atoms with E-state index in [0.29, 0.717) is 16.8 Å². The van der Waals surface area contributed by atoms with Crippen molar-refractivity contribution in [3.63, 3.8) is 0 Å². The minimum absolute atomic E-state index is 0.0785. The maximum atomic E-state index is 14.8. The highest BCUT2D eigenvalue weighted by Crippen LogP contribution is 2.41. The second kappa shape index (κ2) is 6.38. The molecule has 1 aliphatic rings. The molecule has 5 rings (SSSR count). The summed E-state index contributed by atoms with van der Waals surface area (Å²) in [4.78, 5) is 32.3. The fraction of sp³-hybridized carbons (Fsp3) is 0.0870. The maximum Gasteiger partial charge on any atom is 0.296 e. The van der Waals surface area contributed by atoms with E-state index in [1.54, 1.807) is 60.8 Å². The molecule has 0 saturated carbocycles. The van der Waals surface area contributed by atoms with E-state index in [2.05, 4.69) is 4.98 Å². The zero-order valence-corrected chi connectivity index (χ0v) is 15.4. The molecule has 0 N–H and O–H groups in total. The molecule has 2 aromatic carbocycles. The predicted molar refractivity (Wildman–Crippen MR) is 107 cm³/mol. The Morgan fingerprint density at radius 2 is 1.79 bits per heavy atom. The summed E-state index contributed by atoms with van der Waals surface area (Å²) >= 11 is 0. The van der Waals surface area contributed by atoms with Crippen molar-refractivity contribution in [2.75, 3.05) is 4.90 Å². The van der Waals surface area contributed by atoms with Gasteiger partial charge >= 0.3 is 0 Å². The number of amides is 1. The number of fused-ring (bicyclic) bond motifs is 2. The van der Waals surface area contributed by atoms with Gasteiger partial charge in [0.1, 0.15) is 17.2 Å². The van der Waals surface area contributed by atoms with Gasteiger partial charge in [-0.25, -0.2) is 9.37 Å². The third-order valence-corrected chi connectivity index (χ3v) is 5.13. The number of nitrogens with zero attached hydrogens (tertiary/aromatic N) is 2. The van der Waals surface area contributed by atoms with Crippen LogP contribution >= 0.6 is 0 Å². The van der Waals surface area contributed by atoms with Crippen LogP contribution in [0.3, 0.4) is 0 Å². The van der Waals surface area contributed by atoms with Crippen LogP contribution in [0.4, 0.5) is 10.2 Å². The molecular formula is C23H15FN2O3. The molecule has 0 spiro atoms. The topological polar surface area (TPSA) is 63.4 Å². The number of para-hydroxylation sites is 1. The molecule has 5 nitrogen and oxygen atoms in total. The lowest BCUT2D eigenvalue weighted by Gasteiger charge is -2.24. The number of anilines is 1. The number of carbonyl (C=O) groups is 1. The first kappa shape index (κ1) is 17.3. The standard InChI is InChI=1S/C23H15FN2O3/c1-13-10-11-25-18(12-13)26-20(14-6-2-4-8-16(14)24)19-21(27)15-7-3-5-9-17(15)29-22(19)23(26)28/h2-12,20H,1H3. The number of aryl methyl sites for hydroxylation is 1. The second-order valence-electron chi connectivity index (χ2n) is 6.96. The quantitative estimate of drug-likeness (QED) is 0.513. The lowest BCUT2D eigenvalue weighted by Crippen LogP contribution is -2.30. The summed E-state index contributed by atoms with van der Waals surface area (Å²) in [6.07, 6.45) is 1.57. The SMILES string of the molecule is Cc1ccnc(N2C(=O)c3oc4ccccc4c(=O)c3C2c2ccccc2F)c1. The van der Waals surface area contributed by atoms with Crippen LogP contribution in [0.15, 0.2) is 76.1 Å². The Labute approximate surface area is 165 Å². The van der Waals surface area contributed by atoms with Crippen molar-refractivity contribution in [1.29, 1.82) is 0 Å². The van der Waals surface area contributed by atoms with E-state index < -0.39 is 17.8 Å². The molecule has 3 heterocycles. The highest BCUT2D eigenvalue weighted by Gasteiger charge is 2.45. The van der Waals surface area contributed by atoms with E-state index in [9.17, 15) is 14.0 Å². The summed E-state index contributed by atoms with van der Waals surface area (Å²) in [6, 6.07) is 15.4. The van der Waals surface area contributed by atoms with E-state index in [1.807, 2.05) is 6.92 Å². The van der Waals surface area contributed by atoms with Crippen molar-refractivity contribution < 1.29 is 13.6 Å². The van der Waals surface area contributed by atoms with Gasteiger partial charge in [-0.15, -0.1) is 0 Å². The first-order chi connectivity index (χ1) is 14.1. The summed E-state index contributed by atoms with van der Waals surface area (Å²) in [5.41, 5.74) is 1.19. The average molecular weight is 386 g/mol. The summed E-state index contributed by atoms with van der Waals surface area (Å²) in [5.74, 6) is -0.777. The number of benzene rings is 2. The van der Waals surface area contributed by atoms with Gasteiger partial charge in [-0.1, -0.05) is 30.3 Å². The first-order valence-electron chi connectivity index (χ1n) is 9.12. The first-order valence-corrected chi connectivity index (χ1v) is 9.12. The van der Waals surface area contributed by atoms with Crippen LogP contribution in [0.5, 0.6) is 0 Å². The number of hydrogen-bond donors (Lipinski definition) is 0. The molecule has 2 aromatic heterocycles. The predicted octanol–water partition coefficient (Wildman–Crippen LogP) is 4.39. The molecule has 0 fully saturated rings. The number of rotatable bonds is 2. The summed E-state index contributed by atoms with van der Waals surface area (Å²) in [7, 11) is 0. The highest BCUT2D eigenvalue weighted by molar-refractivity contribution is 6.10. The molecule has 142 valence electrons. The molecule has 0 radical (unpaired) electrons. The number of hydrogen-bond acceptors (Lipinski definition) is 4. The van der Waals surface area contributed by atoms with Crippen LogP contribution in [0.1, 0.15) is 33.3 Å². The van der Waals surface area contributed by atoms with Gasteiger partial charge in [0.05, 0.1) is 17.0 Å². The van der Waals surface area contributed by atoms with Gasteiger partial charge in [-0.05, 0) is 42.8 Å². The smallest absolute Gasteiger partial charge is 0.296 e. The van der Waals surface area contributed by atoms with E-state index in [-0.39, 0.29) is 22.3 Å². The lowest BCUT2D eigenvalue weighted by atomic mass is 9.98. The maximum absolute atomic E-state index is 14.8. The number of carbonyl (C=O) groups excluding carboxylic acids is 1. The minimum atomic E-state index is -0.964. The van der Waals surface area contributed by atoms with Gasteiger partial charge in [0, 0.05) is 11.8 Å². The van der Waals surface area contributed by atoms with Crippen LogP contribution in [0.25, 0.3) is 11.0 Å². The van der Waals surface area contributed by atoms with Gasteiger partial charge < -0.3 is 4.42 Å². The van der Waals surface area contributed by atoms with Crippen LogP contribution in [-0.2, 0) is 0 Å². The van der Waals surface area contributed by atoms with Gasteiger partial charge in [0.25, 0.3) is 5.91 Å². The van der Waals surface area contributed by atoms with Crippen molar-refractivity contribution >= 4 is 22.7 Å². The summed E-state index contributed by atoms with van der Waals surface area (Å²) in [5, 5.41) is 0.347. The number of pyridine rings is 1. The summed E-state index contributed by atoms with van der Waals surface area (Å²) in [6.45, 7) is 1.87. The van der Waals surface area contributed by atoms with Gasteiger partial charge in [-0.2, -0.15) is 0 Å². The van der Waals surface area contributed by atoms with Crippen LogP contribution in [0.2, 0.25) is 0 Å². The summed E-state index contributed by atoms with van der Waals surface area (Å²) < 4.78 is 20.6. The van der Waals surface area contributed by atoms with Crippen molar-refractivity contribution in [3.8, 4) is 0 Å². The van der Waals surface area contributed by atoms with Crippen LogP contribution < -0.4 is 10.3 Å². The lowest BCUT2D eigenvalue weighted by molar-refractivity contribution is 0.0970. The fourth-order valence-corrected chi connectivity index (χ4v) is 3.80. The van der Waals surface area contributed by atoms with E-state index in [4.69, 9.17) is 4.42 Å². The van der Waals surface area contributed by atoms with Gasteiger partial charge in [-0.3, -0.25) is 14.5 Å². The van der Waals surface area contributed by atoms with E-state index in [0.717, 1.165) is 5.56 Å². The molecule has 0 saturated heterocycles. The molecule has 29 heavy (non-hydrogen) atoms. The third-order valence-electron chi connectivity index (χ3n) is 5.13. The van der Waals surface area contributed by atoms with Crippen LogP contribution in [0, 0.1) is 12.7 Å². The molecule has 0 aliphatic carbocycles. The van der Waals surface area contributed by atoms with Crippen molar-refractivity contribution in [1.82, 2.24) is 4.98 Å². The third kappa shape index (κ3) is 2.56. The Kier molecular flexibility index (Phi) is 3.81. The molecule has 0 bridgehead atoms. The number of halogens is 1. The monoisotopic (exact) mass is 386 g/mol.